The molecular weight excluding hydrogens is 430 g/mol. The molecule has 0 atom stereocenters. The van der Waals surface area contributed by atoms with E-state index in [1.165, 1.54) is 11.3 Å². The third-order valence-corrected chi connectivity index (χ3v) is 5.87. The van der Waals surface area contributed by atoms with E-state index in [1.807, 2.05) is 36.6 Å². The third kappa shape index (κ3) is 5.17. The molecule has 0 aliphatic carbocycles. The van der Waals surface area contributed by atoms with Gasteiger partial charge in [0.05, 0.1) is 38.2 Å². The lowest BCUT2D eigenvalue weighted by molar-refractivity contribution is 0.0468. The second kappa shape index (κ2) is 10.4. The number of pyridine rings is 1. The van der Waals surface area contributed by atoms with E-state index < -0.39 is 5.97 Å². The highest BCUT2D eigenvalue weighted by Gasteiger charge is 2.15. The Bertz CT molecular complexity index is 1050. The van der Waals surface area contributed by atoms with E-state index in [2.05, 4.69) is 14.9 Å². The Kier molecular flexibility index (Phi) is 7.18. The first-order valence-electron chi connectivity index (χ1n) is 10.4. The summed E-state index contributed by atoms with van der Waals surface area (Å²) in [5.41, 5.74) is 2.01. The van der Waals surface area contributed by atoms with Crippen LogP contribution in [0.25, 0.3) is 10.6 Å². The summed E-state index contributed by atoms with van der Waals surface area (Å²) in [6.07, 6.45) is 1.55. The van der Waals surface area contributed by atoms with Crippen molar-refractivity contribution in [2.45, 2.75) is 13.5 Å². The summed E-state index contributed by atoms with van der Waals surface area (Å²) < 4.78 is 21.8. The molecule has 2 aromatic heterocycles. The Labute approximate surface area is 190 Å². The maximum absolute atomic E-state index is 12.4. The highest BCUT2D eigenvalue weighted by molar-refractivity contribution is 7.13. The van der Waals surface area contributed by atoms with Crippen LogP contribution in [-0.2, 0) is 16.1 Å². The van der Waals surface area contributed by atoms with Crippen LogP contribution in [0.4, 0.5) is 5.82 Å². The van der Waals surface area contributed by atoms with Gasteiger partial charge in [-0.3, -0.25) is 0 Å². The van der Waals surface area contributed by atoms with E-state index in [1.54, 1.807) is 19.4 Å². The van der Waals surface area contributed by atoms with Gasteiger partial charge in [0.2, 0.25) is 0 Å². The fourth-order valence-corrected chi connectivity index (χ4v) is 4.09. The molecule has 3 aromatic rings. The molecule has 1 aliphatic rings. The Morgan fingerprint density at radius 3 is 2.75 bits per heavy atom. The minimum atomic E-state index is -0.427. The van der Waals surface area contributed by atoms with Crippen molar-refractivity contribution in [3.8, 4) is 22.1 Å². The zero-order valence-electron chi connectivity index (χ0n) is 18.1. The molecule has 0 N–H and O–H groups in total. The van der Waals surface area contributed by atoms with Crippen LogP contribution < -0.4 is 14.4 Å². The molecule has 32 heavy (non-hydrogen) atoms. The number of rotatable bonds is 8. The summed E-state index contributed by atoms with van der Waals surface area (Å²) in [6, 6.07) is 9.26. The number of methoxy groups -OCH3 is 1. The molecule has 9 heteroatoms. The molecule has 0 unspecified atom stereocenters. The van der Waals surface area contributed by atoms with E-state index >= 15 is 0 Å². The normalized spacial score (nSPS) is 13.6. The Balaban J connectivity index is 1.36. The van der Waals surface area contributed by atoms with Crippen molar-refractivity contribution in [1.29, 1.82) is 0 Å². The van der Waals surface area contributed by atoms with Crippen LogP contribution in [0.15, 0.2) is 41.9 Å². The fraction of sp³-hybridized carbons (Fsp3) is 0.348. The van der Waals surface area contributed by atoms with Gasteiger partial charge in [-0.2, -0.15) is 0 Å². The Hall–Kier alpha value is -3.17. The first kappa shape index (κ1) is 22.0. The van der Waals surface area contributed by atoms with Crippen molar-refractivity contribution in [3.63, 3.8) is 0 Å². The molecule has 3 heterocycles. The second-order valence-corrected chi connectivity index (χ2v) is 7.88. The molecule has 168 valence electrons. The van der Waals surface area contributed by atoms with Gasteiger partial charge in [0, 0.05) is 30.2 Å². The van der Waals surface area contributed by atoms with Gasteiger partial charge in [-0.15, -0.1) is 11.3 Å². The van der Waals surface area contributed by atoms with Crippen LogP contribution in [0.3, 0.4) is 0 Å². The molecule has 0 saturated carbocycles. The highest BCUT2D eigenvalue weighted by Crippen LogP contribution is 2.34. The van der Waals surface area contributed by atoms with Crippen molar-refractivity contribution >= 4 is 23.1 Å². The molecule has 1 aromatic carbocycles. The van der Waals surface area contributed by atoms with Gasteiger partial charge in [-0.1, -0.05) is 0 Å². The smallest absolute Gasteiger partial charge is 0.340 e. The summed E-state index contributed by atoms with van der Waals surface area (Å²) >= 11 is 1.48. The summed E-state index contributed by atoms with van der Waals surface area (Å²) in [7, 11) is 1.61. The van der Waals surface area contributed by atoms with Crippen molar-refractivity contribution < 1.29 is 23.7 Å². The monoisotopic (exact) mass is 455 g/mol. The van der Waals surface area contributed by atoms with Gasteiger partial charge in [-0.05, 0) is 37.3 Å². The lowest BCUT2D eigenvalue weighted by atomic mass is 10.2. The molecule has 0 spiro atoms. The molecule has 0 amide bonds. The predicted molar refractivity (Wildman–Crippen MR) is 122 cm³/mol. The van der Waals surface area contributed by atoms with Crippen LogP contribution in [0.5, 0.6) is 11.5 Å². The minimum Gasteiger partial charge on any atom is -0.493 e. The van der Waals surface area contributed by atoms with E-state index in [0.717, 1.165) is 29.5 Å². The first-order chi connectivity index (χ1) is 15.7. The van der Waals surface area contributed by atoms with E-state index in [4.69, 9.17) is 18.9 Å². The Morgan fingerprint density at radius 2 is 2.03 bits per heavy atom. The van der Waals surface area contributed by atoms with Gasteiger partial charge in [0.1, 0.15) is 17.4 Å². The molecule has 1 fully saturated rings. The predicted octanol–water partition coefficient (Wildman–Crippen LogP) is 3.81. The van der Waals surface area contributed by atoms with Crippen molar-refractivity contribution in [1.82, 2.24) is 9.97 Å². The molecule has 8 nitrogen and oxygen atoms in total. The number of morpholine rings is 1. The van der Waals surface area contributed by atoms with Gasteiger partial charge >= 0.3 is 5.97 Å². The zero-order chi connectivity index (χ0) is 22.3. The van der Waals surface area contributed by atoms with Gasteiger partial charge in [0.25, 0.3) is 0 Å². The number of aromatic nitrogens is 2. The fourth-order valence-electron chi connectivity index (χ4n) is 3.29. The van der Waals surface area contributed by atoms with Crippen LogP contribution >= 0.6 is 11.3 Å². The van der Waals surface area contributed by atoms with Crippen LogP contribution in [0.1, 0.15) is 23.0 Å². The lowest BCUT2D eigenvalue weighted by Crippen LogP contribution is -2.36. The minimum absolute atomic E-state index is 0.0920. The number of nitrogens with zero attached hydrogens (tertiary/aromatic N) is 3. The molecule has 4 rings (SSSR count). The van der Waals surface area contributed by atoms with E-state index in [0.29, 0.717) is 42.6 Å². The quantitative estimate of drug-likeness (QED) is 0.474. The van der Waals surface area contributed by atoms with Crippen LogP contribution in [-0.4, -0.2) is 56.0 Å². The number of thiazole rings is 1. The highest BCUT2D eigenvalue weighted by atomic mass is 32.1. The van der Waals surface area contributed by atoms with Crippen molar-refractivity contribution in [3.05, 3.63) is 53.2 Å². The first-order valence-corrected chi connectivity index (χ1v) is 11.3. The molecule has 1 saturated heterocycles. The van der Waals surface area contributed by atoms with Crippen molar-refractivity contribution in [2.75, 3.05) is 44.9 Å². The second-order valence-electron chi connectivity index (χ2n) is 7.02. The molecular formula is C23H25N3O5S. The SMILES string of the molecule is CCOc1ccc(-c2nc(COC(=O)c3ccc(N4CCOCC4)nc3)cs2)cc1OC. The average Bonchev–Trinajstić information content (AvgIpc) is 3.33. The summed E-state index contributed by atoms with van der Waals surface area (Å²) in [5.74, 6) is 1.75. The summed E-state index contributed by atoms with van der Waals surface area (Å²) in [4.78, 5) is 23.5. The van der Waals surface area contributed by atoms with Gasteiger partial charge in [0.15, 0.2) is 11.5 Å². The van der Waals surface area contributed by atoms with Crippen LogP contribution in [0.2, 0.25) is 0 Å². The van der Waals surface area contributed by atoms with Crippen LogP contribution in [0, 0.1) is 0 Å². The lowest BCUT2D eigenvalue weighted by Gasteiger charge is -2.27. The third-order valence-electron chi connectivity index (χ3n) is 4.93. The number of hydrogen-bond acceptors (Lipinski definition) is 9. The number of anilines is 1. The average molecular weight is 456 g/mol. The Morgan fingerprint density at radius 1 is 1.19 bits per heavy atom. The number of hydrogen-bond donors (Lipinski definition) is 0. The number of benzene rings is 1. The molecule has 0 bridgehead atoms. The number of esters is 1. The van der Waals surface area contributed by atoms with E-state index in [9.17, 15) is 4.79 Å². The zero-order valence-corrected chi connectivity index (χ0v) is 18.9. The van der Waals surface area contributed by atoms with Gasteiger partial charge in [-0.25, -0.2) is 14.8 Å². The van der Waals surface area contributed by atoms with Crippen molar-refractivity contribution in [2.24, 2.45) is 0 Å². The van der Waals surface area contributed by atoms with Gasteiger partial charge < -0.3 is 23.8 Å². The number of carbonyl (C=O) groups is 1. The topological polar surface area (TPSA) is 83.0 Å². The van der Waals surface area contributed by atoms with E-state index in [-0.39, 0.29) is 6.61 Å². The largest absolute Gasteiger partial charge is 0.493 e. The number of carbonyl (C=O) groups excluding carboxylic acids is 1. The standard InChI is InChI=1S/C23H25N3O5S/c1-3-30-19-6-4-16(12-20(19)28-2)22-25-18(15-32-22)14-31-23(27)17-5-7-21(24-13-17)26-8-10-29-11-9-26/h4-7,12-13,15H,3,8-11,14H2,1-2H3. The maximum Gasteiger partial charge on any atom is 0.340 e. The molecule has 1 aliphatic heterocycles. The summed E-state index contributed by atoms with van der Waals surface area (Å²) in [5, 5.41) is 2.69. The number of ether oxygens (including phenoxy) is 4. The molecule has 0 radical (unpaired) electrons. The summed E-state index contributed by atoms with van der Waals surface area (Å²) in [6.45, 7) is 5.54. The maximum atomic E-state index is 12.4.